The first-order chi connectivity index (χ1) is 8.22. The monoisotopic (exact) mass is 232 g/mol. The second-order valence-corrected chi connectivity index (χ2v) is 4.01. The van der Waals surface area contributed by atoms with Crippen LogP contribution in [0.25, 0.3) is 0 Å². The molecule has 2 N–H and O–H groups in total. The van der Waals surface area contributed by atoms with Gasteiger partial charge in [-0.1, -0.05) is 18.2 Å². The number of hydrogen-bond donors (Lipinski definition) is 2. The highest BCUT2D eigenvalue weighted by molar-refractivity contribution is 5.45. The van der Waals surface area contributed by atoms with Crippen LogP contribution in [0.5, 0.6) is 11.5 Å². The van der Waals surface area contributed by atoms with Crippen molar-refractivity contribution in [2.45, 2.75) is 18.9 Å². The maximum atomic E-state index is 10.2. The molecule has 0 aromatic heterocycles. The number of aliphatic hydroxyl groups excluding tert-OH is 1. The van der Waals surface area contributed by atoms with Gasteiger partial charge in [-0.25, -0.2) is 0 Å². The fraction of sp³-hybridized carbons (Fsp3) is 0.286. The zero-order valence-electron chi connectivity index (χ0n) is 9.76. The summed E-state index contributed by atoms with van der Waals surface area (Å²) in [5, 5.41) is 20.0. The predicted molar refractivity (Wildman–Crippen MR) is 66.1 cm³/mol. The van der Waals surface area contributed by atoms with Crippen molar-refractivity contribution in [3.05, 3.63) is 47.6 Å². The lowest BCUT2D eigenvalue weighted by molar-refractivity contribution is 0.214. The number of ether oxygens (including phenoxy) is 1. The van der Waals surface area contributed by atoms with E-state index in [9.17, 15) is 10.2 Å². The highest BCUT2D eigenvalue weighted by Crippen LogP contribution is 2.33. The third-order valence-corrected chi connectivity index (χ3v) is 2.87. The van der Waals surface area contributed by atoms with Gasteiger partial charge in [0.1, 0.15) is 17.6 Å². The number of aromatic hydroxyl groups is 1. The molecule has 0 radical (unpaired) electrons. The third kappa shape index (κ3) is 2.50. The summed E-state index contributed by atoms with van der Waals surface area (Å²) in [5.41, 5.74) is 1.33. The molecule has 1 aliphatic carbocycles. The lowest BCUT2D eigenvalue weighted by Gasteiger charge is -2.16. The van der Waals surface area contributed by atoms with Crippen LogP contribution in [-0.4, -0.2) is 17.3 Å². The Labute approximate surface area is 101 Å². The molecule has 3 nitrogen and oxygen atoms in total. The lowest BCUT2D eigenvalue weighted by atomic mass is 9.96. The Kier molecular flexibility index (Phi) is 3.49. The zero-order chi connectivity index (χ0) is 12.3. The van der Waals surface area contributed by atoms with Gasteiger partial charge in [0.05, 0.1) is 7.11 Å². The number of benzene rings is 1. The molecule has 1 aliphatic rings. The van der Waals surface area contributed by atoms with Crippen molar-refractivity contribution in [3.8, 4) is 11.5 Å². The van der Waals surface area contributed by atoms with E-state index in [1.807, 2.05) is 18.2 Å². The summed E-state index contributed by atoms with van der Waals surface area (Å²) in [6, 6.07) is 4.92. The largest absolute Gasteiger partial charge is 0.507 e. The second-order valence-electron chi connectivity index (χ2n) is 4.01. The quantitative estimate of drug-likeness (QED) is 0.842. The number of rotatable bonds is 3. The molecule has 17 heavy (non-hydrogen) atoms. The molecule has 0 heterocycles. The number of phenols is 1. The lowest BCUT2D eigenvalue weighted by Crippen LogP contribution is -2.02. The molecular weight excluding hydrogens is 216 g/mol. The van der Waals surface area contributed by atoms with E-state index < -0.39 is 6.10 Å². The van der Waals surface area contributed by atoms with E-state index in [2.05, 4.69) is 0 Å². The molecule has 1 unspecified atom stereocenters. The van der Waals surface area contributed by atoms with Gasteiger partial charge in [0.15, 0.2) is 0 Å². The first-order valence-electron chi connectivity index (χ1n) is 5.64. The molecule has 0 fully saturated rings. The Morgan fingerprint density at radius 3 is 2.71 bits per heavy atom. The van der Waals surface area contributed by atoms with Crippen molar-refractivity contribution in [2.24, 2.45) is 0 Å². The molecule has 0 aliphatic heterocycles. The van der Waals surface area contributed by atoms with E-state index in [0.717, 1.165) is 18.4 Å². The van der Waals surface area contributed by atoms with Crippen LogP contribution in [0.3, 0.4) is 0 Å². The smallest absolute Gasteiger partial charge is 0.125 e. The van der Waals surface area contributed by atoms with Crippen LogP contribution in [0.2, 0.25) is 0 Å². The van der Waals surface area contributed by atoms with Crippen molar-refractivity contribution in [1.82, 2.24) is 0 Å². The van der Waals surface area contributed by atoms with E-state index in [1.54, 1.807) is 12.1 Å². The molecule has 1 aromatic carbocycles. The summed E-state index contributed by atoms with van der Waals surface area (Å²) >= 11 is 0. The van der Waals surface area contributed by atoms with E-state index >= 15 is 0 Å². The summed E-state index contributed by atoms with van der Waals surface area (Å²) < 4.78 is 5.00. The van der Waals surface area contributed by atoms with Crippen molar-refractivity contribution in [2.75, 3.05) is 7.11 Å². The summed E-state index contributed by atoms with van der Waals surface area (Å²) in [4.78, 5) is 0. The molecular formula is C14H16O3. The minimum Gasteiger partial charge on any atom is -0.507 e. The molecule has 0 spiro atoms. The highest BCUT2D eigenvalue weighted by atomic mass is 16.5. The maximum Gasteiger partial charge on any atom is 0.125 e. The average molecular weight is 232 g/mol. The number of phenolic OH excluding ortho intramolecular Hbond substituents is 1. The SMILES string of the molecule is COc1ccc(C(O)C2=CCCC=C2)c(O)c1. The van der Waals surface area contributed by atoms with E-state index in [1.165, 1.54) is 13.2 Å². The fourth-order valence-corrected chi connectivity index (χ4v) is 1.90. The third-order valence-electron chi connectivity index (χ3n) is 2.87. The molecule has 90 valence electrons. The fourth-order valence-electron chi connectivity index (χ4n) is 1.90. The molecule has 0 amide bonds. The van der Waals surface area contributed by atoms with Gasteiger partial charge in [-0.15, -0.1) is 0 Å². The van der Waals surface area contributed by atoms with E-state index in [0.29, 0.717) is 11.3 Å². The first kappa shape index (κ1) is 11.7. The molecule has 1 aromatic rings. The van der Waals surface area contributed by atoms with Gasteiger partial charge in [0.25, 0.3) is 0 Å². The Morgan fingerprint density at radius 2 is 2.12 bits per heavy atom. The second kappa shape index (κ2) is 5.06. The number of hydrogen-bond acceptors (Lipinski definition) is 3. The van der Waals surface area contributed by atoms with Crippen molar-refractivity contribution in [3.63, 3.8) is 0 Å². The Morgan fingerprint density at radius 1 is 1.29 bits per heavy atom. The van der Waals surface area contributed by atoms with Crippen LogP contribution >= 0.6 is 0 Å². The summed E-state index contributed by atoms with van der Waals surface area (Å²) in [5.74, 6) is 0.628. The minimum atomic E-state index is -0.780. The first-order valence-corrected chi connectivity index (χ1v) is 5.64. The van der Waals surface area contributed by atoms with Crippen LogP contribution in [0, 0.1) is 0 Å². The van der Waals surface area contributed by atoms with Crippen molar-refractivity contribution in [1.29, 1.82) is 0 Å². The van der Waals surface area contributed by atoms with Gasteiger partial charge < -0.3 is 14.9 Å². The van der Waals surface area contributed by atoms with Crippen molar-refractivity contribution < 1.29 is 14.9 Å². The standard InChI is InChI=1S/C14H16O3/c1-17-11-7-8-12(13(15)9-11)14(16)10-5-3-2-4-6-10/h3,5-9,14-16H,2,4H2,1H3. The summed E-state index contributed by atoms with van der Waals surface area (Å²) in [6.07, 6.45) is 7.08. The van der Waals surface area contributed by atoms with E-state index in [4.69, 9.17) is 4.74 Å². The molecule has 0 saturated heterocycles. The average Bonchev–Trinajstić information content (AvgIpc) is 2.39. The topological polar surface area (TPSA) is 49.7 Å². The molecule has 0 bridgehead atoms. The molecule has 3 heteroatoms. The normalized spacial score (nSPS) is 16.5. The number of methoxy groups -OCH3 is 1. The van der Waals surface area contributed by atoms with Crippen LogP contribution in [0.15, 0.2) is 42.0 Å². The Hall–Kier alpha value is -1.74. The molecule has 2 rings (SSSR count). The van der Waals surface area contributed by atoms with Gasteiger partial charge in [0, 0.05) is 11.6 Å². The van der Waals surface area contributed by atoms with Crippen LogP contribution in [-0.2, 0) is 0 Å². The Bertz CT molecular complexity index is 461. The minimum absolute atomic E-state index is 0.0525. The molecule has 0 saturated carbocycles. The summed E-state index contributed by atoms with van der Waals surface area (Å²) in [7, 11) is 1.54. The Balaban J connectivity index is 2.27. The van der Waals surface area contributed by atoms with Gasteiger partial charge in [0.2, 0.25) is 0 Å². The van der Waals surface area contributed by atoms with E-state index in [-0.39, 0.29) is 5.75 Å². The van der Waals surface area contributed by atoms with Crippen LogP contribution in [0.4, 0.5) is 0 Å². The number of aliphatic hydroxyl groups is 1. The highest BCUT2D eigenvalue weighted by Gasteiger charge is 2.16. The number of allylic oxidation sites excluding steroid dienone is 2. The molecule has 1 atom stereocenters. The van der Waals surface area contributed by atoms with Gasteiger partial charge in [-0.3, -0.25) is 0 Å². The van der Waals surface area contributed by atoms with Crippen LogP contribution in [0.1, 0.15) is 24.5 Å². The van der Waals surface area contributed by atoms with Gasteiger partial charge >= 0.3 is 0 Å². The summed E-state index contributed by atoms with van der Waals surface area (Å²) in [6.45, 7) is 0. The zero-order valence-corrected chi connectivity index (χ0v) is 9.76. The van der Waals surface area contributed by atoms with Crippen LogP contribution < -0.4 is 4.74 Å². The predicted octanol–water partition coefficient (Wildman–Crippen LogP) is 2.71. The van der Waals surface area contributed by atoms with Crippen molar-refractivity contribution >= 4 is 0 Å². The van der Waals surface area contributed by atoms with Gasteiger partial charge in [-0.2, -0.15) is 0 Å². The maximum absolute atomic E-state index is 10.2. The van der Waals surface area contributed by atoms with Gasteiger partial charge in [-0.05, 0) is 30.5 Å².